The predicted molar refractivity (Wildman–Crippen MR) is 62.4 cm³/mol. The molecule has 0 nitrogen and oxygen atoms in total. The number of benzene rings is 1. The Balaban J connectivity index is 2.19. The number of alkyl halides is 1. The molecule has 0 heterocycles. The number of rotatable bonds is 2. The zero-order valence-electron chi connectivity index (χ0n) is 8.30. The summed E-state index contributed by atoms with van der Waals surface area (Å²) >= 11 is 5.75. The lowest BCUT2D eigenvalue weighted by atomic mass is 9.93. The predicted octanol–water partition coefficient (Wildman–Crippen LogP) is 4.38. The molecule has 1 aromatic rings. The first-order chi connectivity index (χ1) is 6.90. The van der Waals surface area contributed by atoms with Crippen LogP contribution in [-0.2, 0) is 5.88 Å². The summed E-state index contributed by atoms with van der Waals surface area (Å²) in [5.41, 5.74) is 4.09. The fourth-order valence-electron chi connectivity index (χ4n) is 1.91. The highest BCUT2D eigenvalue weighted by atomic mass is 35.5. The van der Waals surface area contributed by atoms with Gasteiger partial charge in [0, 0.05) is 5.88 Å². The molecule has 1 heteroatoms. The second-order valence-electron chi connectivity index (χ2n) is 3.81. The third-order valence-electron chi connectivity index (χ3n) is 2.77. The summed E-state index contributed by atoms with van der Waals surface area (Å²) < 4.78 is 0. The normalized spacial score (nSPS) is 16.5. The van der Waals surface area contributed by atoms with Crippen LogP contribution in [0.25, 0.3) is 5.57 Å². The summed E-state index contributed by atoms with van der Waals surface area (Å²) in [6.45, 7) is 0. The summed E-state index contributed by atoms with van der Waals surface area (Å²) in [7, 11) is 0. The van der Waals surface area contributed by atoms with Crippen molar-refractivity contribution in [2.24, 2.45) is 0 Å². The quantitative estimate of drug-likeness (QED) is 0.630. The molecule has 0 saturated heterocycles. The molecule has 0 N–H and O–H groups in total. The van der Waals surface area contributed by atoms with Crippen molar-refractivity contribution in [3.63, 3.8) is 0 Å². The molecule has 0 aliphatic heterocycles. The fourth-order valence-corrected chi connectivity index (χ4v) is 2.09. The van der Waals surface area contributed by atoms with Gasteiger partial charge in [0.1, 0.15) is 0 Å². The lowest BCUT2D eigenvalue weighted by molar-refractivity contribution is 0.742. The van der Waals surface area contributed by atoms with Crippen LogP contribution in [0.1, 0.15) is 36.8 Å². The standard InChI is InChI=1S/C13H15Cl/c14-10-11-6-8-13(9-7-11)12-4-2-1-3-5-12/h4,6-9H,1-3,5,10H2. The van der Waals surface area contributed by atoms with Gasteiger partial charge in [-0.3, -0.25) is 0 Å². The number of halogens is 1. The van der Waals surface area contributed by atoms with Gasteiger partial charge in [-0.2, -0.15) is 0 Å². The fraction of sp³-hybridized carbons (Fsp3) is 0.385. The van der Waals surface area contributed by atoms with E-state index in [4.69, 9.17) is 11.6 Å². The van der Waals surface area contributed by atoms with Gasteiger partial charge < -0.3 is 0 Å². The smallest absolute Gasteiger partial charge is 0.0474 e. The average molecular weight is 207 g/mol. The maximum absolute atomic E-state index is 5.75. The van der Waals surface area contributed by atoms with Crippen LogP contribution in [0, 0.1) is 0 Å². The Kier molecular flexibility index (Phi) is 3.26. The van der Waals surface area contributed by atoms with Crippen LogP contribution in [0.5, 0.6) is 0 Å². The van der Waals surface area contributed by atoms with Crippen molar-refractivity contribution in [1.29, 1.82) is 0 Å². The lowest BCUT2D eigenvalue weighted by Gasteiger charge is -2.12. The maximum Gasteiger partial charge on any atom is 0.0474 e. The van der Waals surface area contributed by atoms with Crippen molar-refractivity contribution < 1.29 is 0 Å². The largest absolute Gasteiger partial charge is 0.122 e. The molecule has 0 saturated carbocycles. The van der Waals surface area contributed by atoms with Gasteiger partial charge in [-0.1, -0.05) is 30.3 Å². The van der Waals surface area contributed by atoms with Crippen LogP contribution in [0.15, 0.2) is 30.3 Å². The van der Waals surface area contributed by atoms with E-state index < -0.39 is 0 Å². The summed E-state index contributed by atoms with van der Waals surface area (Å²) in [4.78, 5) is 0. The Bertz CT molecular complexity index is 322. The summed E-state index contributed by atoms with van der Waals surface area (Å²) in [6.07, 6.45) is 7.54. The molecule has 0 radical (unpaired) electrons. The minimum Gasteiger partial charge on any atom is -0.122 e. The van der Waals surface area contributed by atoms with Crippen LogP contribution >= 0.6 is 11.6 Å². The zero-order chi connectivity index (χ0) is 9.80. The summed E-state index contributed by atoms with van der Waals surface area (Å²) in [6, 6.07) is 8.62. The Morgan fingerprint density at radius 3 is 2.43 bits per heavy atom. The highest BCUT2D eigenvalue weighted by Crippen LogP contribution is 2.26. The van der Waals surface area contributed by atoms with E-state index in [-0.39, 0.29) is 0 Å². The first-order valence-corrected chi connectivity index (χ1v) is 5.78. The molecule has 0 bridgehead atoms. The third kappa shape index (κ3) is 2.19. The molecule has 0 atom stereocenters. The van der Waals surface area contributed by atoms with E-state index >= 15 is 0 Å². The monoisotopic (exact) mass is 206 g/mol. The Morgan fingerprint density at radius 1 is 1.07 bits per heavy atom. The molecule has 0 spiro atoms. The highest BCUT2D eigenvalue weighted by molar-refractivity contribution is 6.17. The topological polar surface area (TPSA) is 0 Å². The van der Waals surface area contributed by atoms with Crippen molar-refractivity contribution in [2.75, 3.05) is 0 Å². The van der Waals surface area contributed by atoms with E-state index in [1.807, 2.05) is 0 Å². The lowest BCUT2D eigenvalue weighted by Crippen LogP contribution is -1.91. The maximum atomic E-state index is 5.75. The van der Waals surface area contributed by atoms with E-state index in [2.05, 4.69) is 30.3 Å². The minimum absolute atomic E-state index is 0.610. The number of hydrogen-bond donors (Lipinski definition) is 0. The van der Waals surface area contributed by atoms with Gasteiger partial charge in [-0.15, -0.1) is 11.6 Å². The Hall–Kier alpha value is -0.750. The molecule has 2 rings (SSSR count). The van der Waals surface area contributed by atoms with E-state index in [0.717, 1.165) is 0 Å². The zero-order valence-corrected chi connectivity index (χ0v) is 9.06. The molecular formula is C13H15Cl. The molecule has 1 aliphatic rings. The van der Waals surface area contributed by atoms with Gasteiger partial charge in [0.15, 0.2) is 0 Å². The molecular weight excluding hydrogens is 192 g/mol. The number of hydrogen-bond acceptors (Lipinski definition) is 0. The first-order valence-electron chi connectivity index (χ1n) is 5.24. The second-order valence-corrected chi connectivity index (χ2v) is 4.07. The Labute approximate surface area is 90.6 Å². The molecule has 0 aromatic heterocycles. The molecule has 0 amide bonds. The van der Waals surface area contributed by atoms with Gasteiger partial charge >= 0.3 is 0 Å². The van der Waals surface area contributed by atoms with Crippen molar-refractivity contribution in [2.45, 2.75) is 31.6 Å². The van der Waals surface area contributed by atoms with Crippen molar-refractivity contribution in [1.82, 2.24) is 0 Å². The van der Waals surface area contributed by atoms with E-state index in [1.165, 1.54) is 42.4 Å². The van der Waals surface area contributed by atoms with Crippen molar-refractivity contribution in [3.05, 3.63) is 41.5 Å². The van der Waals surface area contributed by atoms with Crippen LogP contribution in [0.3, 0.4) is 0 Å². The molecule has 14 heavy (non-hydrogen) atoms. The molecule has 74 valence electrons. The van der Waals surface area contributed by atoms with Crippen molar-refractivity contribution >= 4 is 17.2 Å². The van der Waals surface area contributed by atoms with Gasteiger partial charge in [-0.05, 0) is 42.4 Å². The van der Waals surface area contributed by atoms with E-state index in [0.29, 0.717) is 5.88 Å². The summed E-state index contributed by atoms with van der Waals surface area (Å²) in [5, 5.41) is 0. The first kappa shape index (κ1) is 9.79. The van der Waals surface area contributed by atoms with Crippen molar-refractivity contribution in [3.8, 4) is 0 Å². The SMILES string of the molecule is ClCc1ccc(C2=CCCCC2)cc1. The third-order valence-corrected chi connectivity index (χ3v) is 3.08. The second kappa shape index (κ2) is 4.65. The Morgan fingerprint density at radius 2 is 1.86 bits per heavy atom. The summed E-state index contributed by atoms with van der Waals surface area (Å²) in [5.74, 6) is 0.610. The minimum atomic E-state index is 0.610. The van der Waals surface area contributed by atoms with Gasteiger partial charge in [-0.25, -0.2) is 0 Å². The molecule has 1 aromatic carbocycles. The van der Waals surface area contributed by atoms with E-state index in [9.17, 15) is 0 Å². The van der Waals surface area contributed by atoms with E-state index in [1.54, 1.807) is 0 Å². The van der Waals surface area contributed by atoms with Crippen LogP contribution in [0.4, 0.5) is 0 Å². The van der Waals surface area contributed by atoms with Crippen LogP contribution in [0.2, 0.25) is 0 Å². The number of allylic oxidation sites excluding steroid dienone is 2. The highest BCUT2D eigenvalue weighted by Gasteiger charge is 2.05. The van der Waals surface area contributed by atoms with Crippen LogP contribution < -0.4 is 0 Å². The van der Waals surface area contributed by atoms with Crippen LogP contribution in [-0.4, -0.2) is 0 Å². The molecule has 0 unspecified atom stereocenters. The van der Waals surface area contributed by atoms with Gasteiger partial charge in [0.2, 0.25) is 0 Å². The van der Waals surface area contributed by atoms with Gasteiger partial charge in [0.25, 0.3) is 0 Å². The molecule has 1 aliphatic carbocycles. The average Bonchev–Trinajstić information content (AvgIpc) is 2.30. The van der Waals surface area contributed by atoms with Gasteiger partial charge in [0.05, 0.1) is 0 Å². The molecule has 0 fully saturated rings.